The molecule has 0 saturated heterocycles. The van der Waals surface area contributed by atoms with Gasteiger partial charge in [0, 0.05) is 18.0 Å². The number of aryl methyl sites for hydroxylation is 1. The number of rotatable bonds is 14. The molecule has 1 aliphatic carbocycles. The standard InChI is InChI=1S/C30H45FN2/c1-3-5-7-9-10-12-14-25-22-32-30(33-23-25)27-19-20-28(29(31)21-27)26-17-15-24(16-18-26)13-11-8-6-4-2/h19-24,26H,3-18H2,1-2H3. The Morgan fingerprint density at radius 1 is 0.788 bits per heavy atom. The maximum Gasteiger partial charge on any atom is 0.159 e. The molecule has 2 nitrogen and oxygen atoms in total. The molecule has 0 radical (unpaired) electrons. The molecule has 1 aromatic carbocycles. The summed E-state index contributed by atoms with van der Waals surface area (Å²) < 4.78 is 15.0. The van der Waals surface area contributed by atoms with E-state index in [9.17, 15) is 0 Å². The van der Waals surface area contributed by atoms with E-state index in [4.69, 9.17) is 0 Å². The van der Waals surface area contributed by atoms with E-state index >= 15 is 4.39 Å². The first kappa shape index (κ1) is 25.8. The summed E-state index contributed by atoms with van der Waals surface area (Å²) in [5.74, 6) is 1.76. The molecule has 2 aromatic rings. The van der Waals surface area contributed by atoms with Crippen molar-refractivity contribution in [1.82, 2.24) is 9.97 Å². The maximum absolute atomic E-state index is 15.0. The largest absolute Gasteiger partial charge is 0.236 e. The average Bonchev–Trinajstić information content (AvgIpc) is 2.85. The Labute approximate surface area is 201 Å². The molecule has 1 heterocycles. The zero-order chi connectivity index (χ0) is 23.3. The summed E-state index contributed by atoms with van der Waals surface area (Å²) in [5.41, 5.74) is 2.85. The van der Waals surface area contributed by atoms with Crippen molar-refractivity contribution in [3.05, 3.63) is 47.5 Å². The third-order valence-corrected chi connectivity index (χ3v) is 7.54. The third-order valence-electron chi connectivity index (χ3n) is 7.54. The molecule has 1 saturated carbocycles. The van der Waals surface area contributed by atoms with Gasteiger partial charge in [-0.25, -0.2) is 14.4 Å². The lowest BCUT2D eigenvalue weighted by Gasteiger charge is -2.29. The van der Waals surface area contributed by atoms with Crippen LogP contribution in [-0.4, -0.2) is 9.97 Å². The molecule has 33 heavy (non-hydrogen) atoms. The van der Waals surface area contributed by atoms with E-state index in [1.807, 2.05) is 24.5 Å². The molecule has 0 unspecified atom stereocenters. The minimum atomic E-state index is -0.0846. The van der Waals surface area contributed by atoms with Crippen molar-refractivity contribution in [2.24, 2.45) is 5.92 Å². The van der Waals surface area contributed by atoms with Gasteiger partial charge in [-0.15, -0.1) is 0 Å². The van der Waals surface area contributed by atoms with Gasteiger partial charge in [-0.1, -0.05) is 90.2 Å². The molecular weight excluding hydrogens is 407 g/mol. The highest BCUT2D eigenvalue weighted by atomic mass is 19.1. The van der Waals surface area contributed by atoms with E-state index in [1.165, 1.54) is 89.0 Å². The summed E-state index contributed by atoms with van der Waals surface area (Å²) in [6.07, 6.45) is 24.1. The lowest BCUT2D eigenvalue weighted by atomic mass is 9.76. The zero-order valence-corrected chi connectivity index (χ0v) is 21.1. The Hall–Kier alpha value is -1.77. The number of unbranched alkanes of at least 4 members (excludes halogenated alkanes) is 8. The molecule has 0 N–H and O–H groups in total. The maximum atomic E-state index is 15.0. The van der Waals surface area contributed by atoms with Crippen LogP contribution in [0.4, 0.5) is 4.39 Å². The predicted molar refractivity (Wildman–Crippen MR) is 138 cm³/mol. The van der Waals surface area contributed by atoms with E-state index < -0.39 is 0 Å². The van der Waals surface area contributed by atoms with Gasteiger partial charge in [0.25, 0.3) is 0 Å². The van der Waals surface area contributed by atoms with Crippen LogP contribution in [0.5, 0.6) is 0 Å². The summed E-state index contributed by atoms with van der Waals surface area (Å²) in [5, 5.41) is 0. The number of aromatic nitrogens is 2. The summed E-state index contributed by atoms with van der Waals surface area (Å²) in [6.45, 7) is 4.52. The smallest absolute Gasteiger partial charge is 0.159 e. The van der Waals surface area contributed by atoms with E-state index in [1.54, 1.807) is 6.07 Å². The molecule has 0 spiro atoms. The molecule has 0 amide bonds. The molecular formula is C30H45FN2. The van der Waals surface area contributed by atoms with Crippen molar-refractivity contribution in [2.75, 3.05) is 0 Å². The van der Waals surface area contributed by atoms with Crippen molar-refractivity contribution < 1.29 is 4.39 Å². The minimum Gasteiger partial charge on any atom is -0.236 e. The minimum absolute atomic E-state index is 0.0846. The van der Waals surface area contributed by atoms with Crippen LogP contribution in [-0.2, 0) is 6.42 Å². The molecule has 1 aliphatic rings. The van der Waals surface area contributed by atoms with Gasteiger partial charge >= 0.3 is 0 Å². The molecule has 182 valence electrons. The molecule has 3 rings (SSSR count). The van der Waals surface area contributed by atoms with Crippen LogP contribution in [0.15, 0.2) is 30.6 Å². The Kier molecular flexibility index (Phi) is 11.3. The number of hydrogen-bond acceptors (Lipinski definition) is 2. The predicted octanol–water partition coefficient (Wildman–Crippen LogP) is 9.43. The lowest BCUT2D eigenvalue weighted by molar-refractivity contribution is 0.298. The monoisotopic (exact) mass is 452 g/mol. The SMILES string of the molecule is CCCCCCCCc1cnc(-c2ccc(C3CCC(CCCCCC)CC3)c(F)c2)nc1. The Bertz CT molecular complexity index is 793. The van der Waals surface area contributed by atoms with Crippen LogP contribution >= 0.6 is 0 Å². The molecule has 0 bridgehead atoms. The first-order valence-corrected chi connectivity index (χ1v) is 13.8. The third kappa shape index (κ3) is 8.50. The molecule has 1 aromatic heterocycles. The Morgan fingerprint density at radius 2 is 1.42 bits per heavy atom. The van der Waals surface area contributed by atoms with Gasteiger partial charge in [0.2, 0.25) is 0 Å². The highest BCUT2D eigenvalue weighted by molar-refractivity contribution is 5.55. The molecule has 0 aliphatic heterocycles. The van der Waals surface area contributed by atoms with Crippen LogP contribution in [0.3, 0.4) is 0 Å². The van der Waals surface area contributed by atoms with Gasteiger partial charge in [0.1, 0.15) is 5.82 Å². The van der Waals surface area contributed by atoms with Crippen molar-refractivity contribution in [1.29, 1.82) is 0 Å². The van der Waals surface area contributed by atoms with Gasteiger partial charge in [-0.2, -0.15) is 0 Å². The number of hydrogen-bond donors (Lipinski definition) is 0. The van der Waals surface area contributed by atoms with Gasteiger partial charge < -0.3 is 0 Å². The molecule has 1 fully saturated rings. The highest BCUT2D eigenvalue weighted by Gasteiger charge is 2.24. The Balaban J connectivity index is 1.47. The van der Waals surface area contributed by atoms with Crippen molar-refractivity contribution >= 4 is 0 Å². The second-order valence-corrected chi connectivity index (χ2v) is 10.2. The number of benzene rings is 1. The van der Waals surface area contributed by atoms with Gasteiger partial charge in [0.05, 0.1) is 0 Å². The zero-order valence-electron chi connectivity index (χ0n) is 21.1. The number of halogens is 1. The first-order valence-electron chi connectivity index (χ1n) is 13.8. The quantitative estimate of drug-likeness (QED) is 0.267. The summed E-state index contributed by atoms with van der Waals surface area (Å²) >= 11 is 0. The summed E-state index contributed by atoms with van der Waals surface area (Å²) in [6, 6.07) is 5.65. The topological polar surface area (TPSA) is 25.8 Å². The fourth-order valence-electron chi connectivity index (χ4n) is 5.36. The van der Waals surface area contributed by atoms with Crippen molar-refractivity contribution in [2.45, 2.75) is 122 Å². The van der Waals surface area contributed by atoms with Gasteiger partial charge in [-0.05, 0) is 67.6 Å². The summed E-state index contributed by atoms with van der Waals surface area (Å²) in [4.78, 5) is 9.07. The van der Waals surface area contributed by atoms with Crippen LogP contribution in [0, 0.1) is 11.7 Å². The Morgan fingerprint density at radius 3 is 2.09 bits per heavy atom. The van der Waals surface area contributed by atoms with Crippen LogP contribution in [0.2, 0.25) is 0 Å². The van der Waals surface area contributed by atoms with Crippen molar-refractivity contribution in [3.63, 3.8) is 0 Å². The first-order chi connectivity index (χ1) is 16.2. The van der Waals surface area contributed by atoms with E-state index in [0.29, 0.717) is 11.7 Å². The number of nitrogens with zero attached hydrogens (tertiary/aromatic N) is 2. The fraction of sp³-hybridized carbons (Fsp3) is 0.667. The van der Waals surface area contributed by atoms with E-state index in [0.717, 1.165) is 36.3 Å². The normalized spacial score (nSPS) is 18.5. The second kappa shape index (κ2) is 14.5. The van der Waals surface area contributed by atoms with Gasteiger partial charge in [-0.3, -0.25) is 0 Å². The van der Waals surface area contributed by atoms with Crippen LogP contribution < -0.4 is 0 Å². The molecule has 0 atom stereocenters. The fourth-order valence-corrected chi connectivity index (χ4v) is 5.36. The van der Waals surface area contributed by atoms with Crippen molar-refractivity contribution in [3.8, 4) is 11.4 Å². The van der Waals surface area contributed by atoms with Crippen LogP contribution in [0.25, 0.3) is 11.4 Å². The lowest BCUT2D eigenvalue weighted by Crippen LogP contribution is -2.14. The highest BCUT2D eigenvalue weighted by Crippen LogP contribution is 2.39. The van der Waals surface area contributed by atoms with E-state index in [2.05, 4.69) is 23.8 Å². The summed E-state index contributed by atoms with van der Waals surface area (Å²) in [7, 11) is 0. The van der Waals surface area contributed by atoms with Crippen LogP contribution in [0.1, 0.15) is 127 Å². The second-order valence-electron chi connectivity index (χ2n) is 10.2. The van der Waals surface area contributed by atoms with Gasteiger partial charge in [0.15, 0.2) is 5.82 Å². The average molecular weight is 453 g/mol. The van der Waals surface area contributed by atoms with E-state index in [-0.39, 0.29) is 5.82 Å². The molecule has 3 heteroatoms.